The van der Waals surface area contributed by atoms with Crippen molar-refractivity contribution in [3.05, 3.63) is 46.2 Å². The van der Waals surface area contributed by atoms with Gasteiger partial charge in [0, 0.05) is 11.3 Å². The Kier molecular flexibility index (Phi) is 2.80. The molecule has 92 valence electrons. The first-order valence-electron chi connectivity index (χ1n) is 5.87. The Morgan fingerprint density at radius 3 is 3.00 bits per heavy atom. The average molecular weight is 262 g/mol. The summed E-state index contributed by atoms with van der Waals surface area (Å²) in [7, 11) is 0. The van der Waals surface area contributed by atoms with Gasteiger partial charge in [0.05, 0.1) is 10.7 Å². The number of rotatable bonds is 2. The van der Waals surface area contributed by atoms with Crippen molar-refractivity contribution in [2.45, 2.75) is 19.3 Å². The number of nitrogens with one attached hydrogen (secondary N) is 2. The zero-order chi connectivity index (χ0) is 12.5. The molecule has 5 heteroatoms. The van der Waals surface area contributed by atoms with Crippen molar-refractivity contribution in [3.8, 4) is 0 Å². The summed E-state index contributed by atoms with van der Waals surface area (Å²) in [5.41, 5.74) is 3.22. The largest absolute Gasteiger partial charge is 0.319 e. The van der Waals surface area contributed by atoms with Crippen LogP contribution in [0.3, 0.4) is 0 Å². The lowest BCUT2D eigenvalue weighted by molar-refractivity contribution is 0.102. The third kappa shape index (κ3) is 1.88. The van der Waals surface area contributed by atoms with Crippen LogP contribution in [0, 0.1) is 0 Å². The molecular weight excluding hydrogens is 250 g/mol. The highest BCUT2D eigenvalue weighted by atomic mass is 35.5. The van der Waals surface area contributed by atoms with Gasteiger partial charge < -0.3 is 5.32 Å². The minimum Gasteiger partial charge on any atom is -0.319 e. The number of carbonyl (C=O) groups excluding carboxylic acids is 1. The number of aryl methyl sites for hydroxylation is 1. The van der Waals surface area contributed by atoms with Gasteiger partial charge in [-0.2, -0.15) is 5.10 Å². The van der Waals surface area contributed by atoms with Gasteiger partial charge in [0.2, 0.25) is 0 Å². The molecule has 0 bridgehead atoms. The third-order valence-electron chi connectivity index (χ3n) is 3.14. The summed E-state index contributed by atoms with van der Waals surface area (Å²) in [4.78, 5) is 12.1. The van der Waals surface area contributed by atoms with E-state index in [2.05, 4.69) is 15.5 Å². The van der Waals surface area contributed by atoms with Crippen LogP contribution in [0.4, 0.5) is 5.69 Å². The monoisotopic (exact) mass is 261 g/mol. The van der Waals surface area contributed by atoms with Gasteiger partial charge in [-0.3, -0.25) is 9.89 Å². The fourth-order valence-electron chi connectivity index (χ4n) is 2.25. The number of hydrogen-bond donors (Lipinski definition) is 2. The molecule has 1 amide bonds. The maximum Gasteiger partial charge on any atom is 0.276 e. The molecule has 2 N–H and O–H groups in total. The van der Waals surface area contributed by atoms with Crippen LogP contribution in [0.25, 0.3) is 0 Å². The predicted molar refractivity (Wildman–Crippen MR) is 70.0 cm³/mol. The van der Waals surface area contributed by atoms with Crippen molar-refractivity contribution in [3.63, 3.8) is 0 Å². The molecule has 4 nitrogen and oxygen atoms in total. The highest BCUT2D eigenvalue weighted by molar-refractivity contribution is 6.33. The van der Waals surface area contributed by atoms with Gasteiger partial charge in [-0.15, -0.1) is 0 Å². The van der Waals surface area contributed by atoms with Crippen molar-refractivity contribution in [1.29, 1.82) is 0 Å². The van der Waals surface area contributed by atoms with E-state index in [9.17, 15) is 4.79 Å². The first-order valence-corrected chi connectivity index (χ1v) is 6.25. The van der Waals surface area contributed by atoms with Crippen molar-refractivity contribution in [2.75, 3.05) is 5.32 Å². The molecule has 1 aromatic carbocycles. The van der Waals surface area contributed by atoms with E-state index in [1.54, 1.807) is 12.1 Å². The van der Waals surface area contributed by atoms with Crippen molar-refractivity contribution in [1.82, 2.24) is 10.2 Å². The number of H-pyrrole nitrogens is 1. The van der Waals surface area contributed by atoms with Crippen molar-refractivity contribution >= 4 is 23.2 Å². The minimum absolute atomic E-state index is 0.206. The molecule has 0 aliphatic heterocycles. The summed E-state index contributed by atoms with van der Waals surface area (Å²) >= 11 is 6.00. The number of nitrogens with zero attached hydrogens (tertiary/aromatic N) is 1. The van der Waals surface area contributed by atoms with E-state index in [4.69, 9.17) is 11.6 Å². The normalized spacial score (nSPS) is 13.4. The Morgan fingerprint density at radius 2 is 2.17 bits per heavy atom. The quantitative estimate of drug-likeness (QED) is 0.873. The van der Waals surface area contributed by atoms with Gasteiger partial charge in [0.1, 0.15) is 0 Å². The second-order valence-electron chi connectivity index (χ2n) is 4.32. The standard InChI is InChI=1S/C13H12ClN3O/c14-9-5-1-2-6-11(9)15-13(18)12-8-4-3-7-10(8)16-17-12/h1-2,5-6H,3-4,7H2,(H,15,18)(H,16,17). The number of para-hydroxylation sites is 1. The summed E-state index contributed by atoms with van der Waals surface area (Å²) in [6.07, 6.45) is 2.97. The molecule has 1 aromatic heterocycles. The summed E-state index contributed by atoms with van der Waals surface area (Å²) in [6.45, 7) is 0. The lowest BCUT2D eigenvalue weighted by Gasteiger charge is -2.05. The lowest BCUT2D eigenvalue weighted by atomic mass is 10.2. The summed E-state index contributed by atoms with van der Waals surface area (Å²) < 4.78 is 0. The molecule has 0 atom stereocenters. The van der Waals surface area contributed by atoms with Gasteiger partial charge in [-0.1, -0.05) is 23.7 Å². The van der Waals surface area contributed by atoms with Gasteiger partial charge >= 0.3 is 0 Å². The summed E-state index contributed by atoms with van der Waals surface area (Å²) in [6, 6.07) is 7.17. The number of aromatic nitrogens is 2. The van der Waals surface area contributed by atoms with Gasteiger partial charge in [-0.25, -0.2) is 0 Å². The highest BCUT2D eigenvalue weighted by Gasteiger charge is 2.23. The molecule has 3 rings (SSSR count). The number of fused-ring (bicyclic) bond motifs is 1. The van der Waals surface area contributed by atoms with Crippen LogP contribution in [0.1, 0.15) is 28.2 Å². The number of hydrogen-bond acceptors (Lipinski definition) is 2. The molecule has 0 unspecified atom stereocenters. The number of halogens is 1. The van der Waals surface area contributed by atoms with E-state index < -0.39 is 0 Å². The number of amides is 1. The van der Waals surface area contributed by atoms with Crippen LogP contribution in [0.15, 0.2) is 24.3 Å². The molecule has 1 heterocycles. The Morgan fingerprint density at radius 1 is 1.33 bits per heavy atom. The topological polar surface area (TPSA) is 57.8 Å². The van der Waals surface area contributed by atoms with Crippen molar-refractivity contribution in [2.24, 2.45) is 0 Å². The van der Waals surface area contributed by atoms with Crippen LogP contribution in [-0.4, -0.2) is 16.1 Å². The molecule has 0 fully saturated rings. The molecular formula is C13H12ClN3O. The minimum atomic E-state index is -0.206. The van der Waals surface area contributed by atoms with Crippen LogP contribution in [0.2, 0.25) is 5.02 Å². The van der Waals surface area contributed by atoms with Crippen LogP contribution in [0.5, 0.6) is 0 Å². The highest BCUT2D eigenvalue weighted by Crippen LogP contribution is 2.25. The Bertz CT molecular complexity index is 606. The summed E-state index contributed by atoms with van der Waals surface area (Å²) in [5.74, 6) is -0.206. The molecule has 18 heavy (non-hydrogen) atoms. The average Bonchev–Trinajstić information content (AvgIpc) is 2.93. The number of anilines is 1. The zero-order valence-corrected chi connectivity index (χ0v) is 10.4. The Hall–Kier alpha value is -1.81. The Labute approximate surface area is 109 Å². The number of carbonyl (C=O) groups is 1. The van der Waals surface area contributed by atoms with E-state index in [0.29, 0.717) is 16.4 Å². The fourth-order valence-corrected chi connectivity index (χ4v) is 2.43. The SMILES string of the molecule is O=C(Nc1ccccc1Cl)c1n[nH]c2c1CCC2. The van der Waals surface area contributed by atoms with Gasteiger partial charge in [0.25, 0.3) is 5.91 Å². The fraction of sp³-hybridized carbons (Fsp3) is 0.231. The first-order chi connectivity index (χ1) is 8.75. The van der Waals surface area contributed by atoms with E-state index in [1.807, 2.05) is 12.1 Å². The van der Waals surface area contributed by atoms with E-state index in [-0.39, 0.29) is 5.91 Å². The van der Waals surface area contributed by atoms with E-state index >= 15 is 0 Å². The van der Waals surface area contributed by atoms with Crippen LogP contribution in [-0.2, 0) is 12.8 Å². The predicted octanol–water partition coefficient (Wildman–Crippen LogP) is 2.80. The second-order valence-corrected chi connectivity index (χ2v) is 4.72. The van der Waals surface area contributed by atoms with E-state index in [0.717, 1.165) is 30.5 Å². The molecule has 1 aliphatic rings. The molecule has 0 saturated heterocycles. The Balaban J connectivity index is 1.85. The molecule has 0 radical (unpaired) electrons. The van der Waals surface area contributed by atoms with Crippen LogP contribution >= 0.6 is 11.6 Å². The molecule has 0 spiro atoms. The molecule has 0 saturated carbocycles. The number of aromatic amines is 1. The third-order valence-corrected chi connectivity index (χ3v) is 3.47. The van der Waals surface area contributed by atoms with Crippen molar-refractivity contribution < 1.29 is 4.79 Å². The van der Waals surface area contributed by atoms with Gasteiger partial charge in [-0.05, 0) is 31.4 Å². The second kappa shape index (κ2) is 4.46. The lowest BCUT2D eigenvalue weighted by Crippen LogP contribution is -2.14. The molecule has 1 aliphatic carbocycles. The van der Waals surface area contributed by atoms with E-state index in [1.165, 1.54) is 0 Å². The van der Waals surface area contributed by atoms with Crippen LogP contribution < -0.4 is 5.32 Å². The maximum absolute atomic E-state index is 12.1. The first kappa shape index (κ1) is 11.3. The smallest absolute Gasteiger partial charge is 0.276 e. The zero-order valence-electron chi connectivity index (χ0n) is 9.66. The maximum atomic E-state index is 12.1. The summed E-state index contributed by atoms with van der Waals surface area (Å²) in [5, 5.41) is 10.3. The number of benzene rings is 1. The molecule has 2 aromatic rings. The van der Waals surface area contributed by atoms with Gasteiger partial charge in [0.15, 0.2) is 5.69 Å².